The summed E-state index contributed by atoms with van der Waals surface area (Å²) in [6, 6.07) is 10.0. The number of halogens is 2. The summed E-state index contributed by atoms with van der Waals surface area (Å²) in [4.78, 5) is 35.4. The summed E-state index contributed by atoms with van der Waals surface area (Å²) in [7, 11) is 1.40. The molecule has 0 aromatic heterocycles. The first kappa shape index (κ1) is 20.4. The Morgan fingerprint density at radius 1 is 1.07 bits per heavy atom. The molecule has 0 fully saturated rings. The average Bonchev–Trinajstić information content (AvgIpc) is 2.65. The predicted octanol–water partition coefficient (Wildman–Crippen LogP) is 2.48. The van der Waals surface area contributed by atoms with Crippen molar-refractivity contribution in [2.24, 2.45) is 0 Å². The van der Waals surface area contributed by atoms with Crippen molar-refractivity contribution in [3.8, 4) is 11.5 Å². The van der Waals surface area contributed by atoms with Crippen LogP contribution < -0.4 is 14.8 Å². The SMILES string of the molecule is COc1ccccc1C(=O)NC(=O)COC(=O)COc1ccc(F)cc1Br. The summed E-state index contributed by atoms with van der Waals surface area (Å²) >= 11 is 3.09. The van der Waals surface area contributed by atoms with Gasteiger partial charge >= 0.3 is 5.97 Å². The molecule has 27 heavy (non-hydrogen) atoms. The van der Waals surface area contributed by atoms with E-state index in [1.54, 1.807) is 18.2 Å². The smallest absolute Gasteiger partial charge is 0.344 e. The fraction of sp³-hybridized carbons (Fsp3) is 0.167. The molecule has 1 N–H and O–H groups in total. The van der Waals surface area contributed by atoms with E-state index in [1.165, 1.54) is 31.4 Å². The van der Waals surface area contributed by atoms with Gasteiger partial charge in [0.25, 0.3) is 11.8 Å². The molecule has 0 saturated carbocycles. The van der Waals surface area contributed by atoms with Crippen LogP contribution in [0.5, 0.6) is 11.5 Å². The monoisotopic (exact) mass is 439 g/mol. The molecule has 0 unspecified atom stereocenters. The first-order valence-corrected chi connectivity index (χ1v) is 8.40. The third kappa shape index (κ3) is 6.07. The number of ether oxygens (including phenoxy) is 3. The van der Waals surface area contributed by atoms with Crippen molar-refractivity contribution in [2.45, 2.75) is 0 Å². The zero-order chi connectivity index (χ0) is 19.8. The molecule has 0 spiro atoms. The molecule has 0 radical (unpaired) electrons. The zero-order valence-electron chi connectivity index (χ0n) is 14.2. The molecule has 0 aliphatic rings. The molecule has 7 nitrogen and oxygen atoms in total. The fourth-order valence-corrected chi connectivity index (χ4v) is 2.44. The Kier molecular flexibility index (Phi) is 7.30. The molecule has 142 valence electrons. The van der Waals surface area contributed by atoms with Crippen LogP contribution in [-0.4, -0.2) is 38.1 Å². The van der Waals surface area contributed by atoms with E-state index >= 15 is 0 Å². The molecule has 2 aromatic carbocycles. The van der Waals surface area contributed by atoms with E-state index < -0.39 is 36.8 Å². The van der Waals surface area contributed by atoms with Gasteiger partial charge in [0.1, 0.15) is 17.3 Å². The van der Waals surface area contributed by atoms with Gasteiger partial charge in [-0.2, -0.15) is 0 Å². The normalized spacial score (nSPS) is 10.0. The number of hydrogen-bond donors (Lipinski definition) is 1. The van der Waals surface area contributed by atoms with Crippen molar-refractivity contribution < 1.29 is 33.0 Å². The Morgan fingerprint density at radius 2 is 1.81 bits per heavy atom. The van der Waals surface area contributed by atoms with Crippen LogP contribution >= 0.6 is 15.9 Å². The number of benzene rings is 2. The first-order valence-electron chi connectivity index (χ1n) is 7.61. The third-order valence-corrected chi connectivity index (χ3v) is 3.83. The maximum absolute atomic E-state index is 13.0. The van der Waals surface area contributed by atoms with Crippen molar-refractivity contribution in [1.29, 1.82) is 0 Å². The first-order chi connectivity index (χ1) is 12.9. The molecule has 0 aliphatic carbocycles. The van der Waals surface area contributed by atoms with E-state index in [0.29, 0.717) is 10.2 Å². The fourth-order valence-electron chi connectivity index (χ4n) is 1.98. The third-order valence-electron chi connectivity index (χ3n) is 3.21. The van der Waals surface area contributed by atoms with Gasteiger partial charge < -0.3 is 14.2 Å². The Hall–Kier alpha value is -2.94. The van der Waals surface area contributed by atoms with E-state index in [2.05, 4.69) is 21.2 Å². The molecular formula is C18H15BrFNO6. The number of carbonyl (C=O) groups excluding carboxylic acids is 3. The van der Waals surface area contributed by atoms with E-state index in [0.717, 1.165) is 0 Å². The maximum Gasteiger partial charge on any atom is 0.344 e. The number of methoxy groups -OCH3 is 1. The summed E-state index contributed by atoms with van der Waals surface area (Å²) in [5, 5.41) is 2.09. The van der Waals surface area contributed by atoms with Crippen molar-refractivity contribution in [3.05, 3.63) is 58.3 Å². The van der Waals surface area contributed by atoms with Gasteiger partial charge in [0, 0.05) is 0 Å². The molecule has 9 heteroatoms. The van der Waals surface area contributed by atoms with E-state index in [9.17, 15) is 18.8 Å². The van der Waals surface area contributed by atoms with Crippen LogP contribution in [0.25, 0.3) is 0 Å². The lowest BCUT2D eigenvalue weighted by Crippen LogP contribution is -2.34. The second-order valence-corrected chi connectivity index (χ2v) is 5.96. The van der Waals surface area contributed by atoms with Gasteiger partial charge in [-0.15, -0.1) is 0 Å². The second-order valence-electron chi connectivity index (χ2n) is 5.10. The van der Waals surface area contributed by atoms with Crippen LogP contribution in [-0.2, 0) is 14.3 Å². The zero-order valence-corrected chi connectivity index (χ0v) is 15.7. The number of hydrogen-bond acceptors (Lipinski definition) is 6. The highest BCUT2D eigenvalue weighted by Gasteiger charge is 2.16. The van der Waals surface area contributed by atoms with E-state index in [1.807, 2.05) is 0 Å². The molecular weight excluding hydrogens is 425 g/mol. The quantitative estimate of drug-likeness (QED) is 0.666. The number of rotatable bonds is 7. The minimum absolute atomic E-state index is 0.171. The highest BCUT2D eigenvalue weighted by molar-refractivity contribution is 9.10. The summed E-state index contributed by atoms with van der Waals surface area (Å²) in [6.45, 7) is -1.15. The predicted molar refractivity (Wildman–Crippen MR) is 96.0 cm³/mol. The second kappa shape index (κ2) is 9.67. The number of esters is 1. The van der Waals surface area contributed by atoms with Gasteiger partial charge in [-0.1, -0.05) is 12.1 Å². The lowest BCUT2D eigenvalue weighted by molar-refractivity contribution is -0.150. The summed E-state index contributed by atoms with van der Waals surface area (Å²) in [5.74, 6) is -2.23. The summed E-state index contributed by atoms with van der Waals surface area (Å²) in [6.07, 6.45) is 0. The standard InChI is InChI=1S/C18H15BrFNO6/c1-25-14-5-3-2-4-12(14)18(24)21-16(22)9-27-17(23)10-26-15-7-6-11(20)8-13(15)19/h2-8H,9-10H2,1H3,(H,21,22,24). The minimum Gasteiger partial charge on any atom is -0.496 e. The van der Waals surface area contributed by atoms with Crippen LogP contribution in [0.1, 0.15) is 10.4 Å². The van der Waals surface area contributed by atoms with Gasteiger partial charge in [0.2, 0.25) is 0 Å². The number of amides is 2. The van der Waals surface area contributed by atoms with Crippen LogP contribution in [0.4, 0.5) is 4.39 Å². The topological polar surface area (TPSA) is 90.9 Å². The molecule has 2 aromatic rings. The molecule has 0 atom stereocenters. The van der Waals surface area contributed by atoms with Crippen molar-refractivity contribution in [2.75, 3.05) is 20.3 Å². The van der Waals surface area contributed by atoms with Gasteiger partial charge in [-0.3, -0.25) is 14.9 Å². The minimum atomic E-state index is -0.828. The lowest BCUT2D eigenvalue weighted by atomic mass is 10.2. The van der Waals surface area contributed by atoms with Crippen LogP contribution in [0.15, 0.2) is 46.9 Å². The van der Waals surface area contributed by atoms with Crippen LogP contribution in [0.2, 0.25) is 0 Å². The van der Waals surface area contributed by atoms with Crippen molar-refractivity contribution in [1.82, 2.24) is 5.32 Å². The van der Waals surface area contributed by atoms with Gasteiger partial charge in [-0.25, -0.2) is 9.18 Å². The lowest BCUT2D eigenvalue weighted by Gasteiger charge is -2.10. The summed E-state index contributed by atoms with van der Waals surface area (Å²) < 4.78 is 28.2. The summed E-state index contributed by atoms with van der Waals surface area (Å²) in [5.41, 5.74) is 0.171. The maximum atomic E-state index is 13.0. The van der Waals surface area contributed by atoms with Crippen LogP contribution in [0.3, 0.4) is 0 Å². The number of carbonyl (C=O) groups is 3. The van der Waals surface area contributed by atoms with Crippen molar-refractivity contribution >= 4 is 33.7 Å². The van der Waals surface area contributed by atoms with Gasteiger partial charge in [-0.05, 0) is 46.3 Å². The van der Waals surface area contributed by atoms with Gasteiger partial charge in [0.15, 0.2) is 13.2 Å². The average molecular weight is 440 g/mol. The van der Waals surface area contributed by atoms with Crippen molar-refractivity contribution in [3.63, 3.8) is 0 Å². The molecule has 0 bridgehead atoms. The largest absolute Gasteiger partial charge is 0.496 e. The molecule has 0 aliphatic heterocycles. The highest BCUT2D eigenvalue weighted by Crippen LogP contribution is 2.25. The van der Waals surface area contributed by atoms with Gasteiger partial charge in [0.05, 0.1) is 17.1 Å². The van der Waals surface area contributed by atoms with E-state index in [4.69, 9.17) is 14.2 Å². The van der Waals surface area contributed by atoms with Crippen LogP contribution in [0, 0.1) is 5.82 Å². The van der Waals surface area contributed by atoms with E-state index in [-0.39, 0.29) is 11.3 Å². The number of imide groups is 1. The Balaban J connectivity index is 1.79. The highest BCUT2D eigenvalue weighted by atomic mass is 79.9. The molecule has 2 amide bonds. The molecule has 0 heterocycles. The Bertz CT molecular complexity index is 857. The number of para-hydroxylation sites is 1. The Morgan fingerprint density at radius 3 is 2.52 bits per heavy atom. The molecule has 2 rings (SSSR count). The molecule has 0 saturated heterocycles. The Labute approximate surface area is 162 Å². The number of nitrogens with one attached hydrogen (secondary N) is 1.